The molecule has 1 aliphatic heterocycles. The van der Waals surface area contributed by atoms with E-state index >= 15 is 0 Å². The van der Waals surface area contributed by atoms with Crippen LogP contribution in [0.2, 0.25) is 0 Å². The van der Waals surface area contributed by atoms with Gasteiger partial charge in [0.1, 0.15) is 0 Å². The molecule has 1 heterocycles. The standard InChI is InChI=1S/C16H30N2O/c1-13-6-5-11-17-15(13)12-18-16(19)10-9-14-7-3-2-4-8-14/h13-15,17H,2-12H2,1H3,(H,18,19). The van der Waals surface area contributed by atoms with Gasteiger partial charge in [0.15, 0.2) is 0 Å². The van der Waals surface area contributed by atoms with E-state index in [1.807, 2.05) is 0 Å². The fourth-order valence-electron chi connectivity index (χ4n) is 3.51. The first-order valence-electron chi connectivity index (χ1n) is 8.26. The molecule has 0 aromatic carbocycles. The topological polar surface area (TPSA) is 41.1 Å². The SMILES string of the molecule is CC1CCCNC1CNC(=O)CCC1CCCCC1. The molecule has 3 heteroatoms. The Labute approximate surface area is 117 Å². The van der Waals surface area contributed by atoms with E-state index in [1.54, 1.807) is 0 Å². The molecule has 0 spiro atoms. The molecule has 110 valence electrons. The Bertz CT molecular complexity index is 274. The summed E-state index contributed by atoms with van der Waals surface area (Å²) in [5.74, 6) is 1.75. The van der Waals surface area contributed by atoms with Crippen LogP contribution >= 0.6 is 0 Å². The number of hydrogen-bond donors (Lipinski definition) is 2. The average molecular weight is 266 g/mol. The van der Waals surface area contributed by atoms with Crippen LogP contribution in [0.3, 0.4) is 0 Å². The molecule has 2 N–H and O–H groups in total. The first kappa shape index (κ1) is 14.8. The van der Waals surface area contributed by atoms with Crippen molar-refractivity contribution in [2.24, 2.45) is 11.8 Å². The molecule has 3 nitrogen and oxygen atoms in total. The molecule has 0 aromatic rings. The molecule has 2 rings (SSSR count). The summed E-state index contributed by atoms with van der Waals surface area (Å²) in [7, 11) is 0. The van der Waals surface area contributed by atoms with Gasteiger partial charge in [-0.25, -0.2) is 0 Å². The quantitative estimate of drug-likeness (QED) is 0.803. The second-order valence-electron chi connectivity index (χ2n) is 6.53. The number of piperidine rings is 1. The van der Waals surface area contributed by atoms with Crippen molar-refractivity contribution >= 4 is 5.91 Å². The molecule has 1 aliphatic carbocycles. The second kappa shape index (κ2) is 7.88. The summed E-state index contributed by atoms with van der Waals surface area (Å²) in [6.45, 7) is 4.20. The molecule has 2 fully saturated rings. The predicted octanol–water partition coefficient (Wildman–Crippen LogP) is 2.85. The number of rotatable bonds is 5. The van der Waals surface area contributed by atoms with Crippen LogP contribution < -0.4 is 10.6 Å². The molecule has 2 atom stereocenters. The highest BCUT2D eigenvalue weighted by Crippen LogP contribution is 2.27. The van der Waals surface area contributed by atoms with Gasteiger partial charge in [0, 0.05) is 19.0 Å². The van der Waals surface area contributed by atoms with Crippen molar-refractivity contribution in [1.29, 1.82) is 0 Å². The lowest BCUT2D eigenvalue weighted by atomic mass is 9.86. The van der Waals surface area contributed by atoms with E-state index in [0.717, 1.165) is 31.8 Å². The normalized spacial score (nSPS) is 29.1. The molecule has 1 saturated heterocycles. The Morgan fingerprint density at radius 1 is 1.16 bits per heavy atom. The monoisotopic (exact) mass is 266 g/mol. The van der Waals surface area contributed by atoms with Crippen LogP contribution in [0.1, 0.15) is 64.7 Å². The Morgan fingerprint density at radius 2 is 1.95 bits per heavy atom. The maximum Gasteiger partial charge on any atom is 0.220 e. The van der Waals surface area contributed by atoms with Crippen LogP contribution in [0.25, 0.3) is 0 Å². The van der Waals surface area contributed by atoms with Gasteiger partial charge in [0.05, 0.1) is 0 Å². The van der Waals surface area contributed by atoms with Crippen molar-refractivity contribution in [2.75, 3.05) is 13.1 Å². The van der Waals surface area contributed by atoms with Crippen molar-refractivity contribution < 1.29 is 4.79 Å². The molecule has 2 unspecified atom stereocenters. The van der Waals surface area contributed by atoms with Gasteiger partial charge in [-0.1, -0.05) is 39.0 Å². The molecule has 19 heavy (non-hydrogen) atoms. The number of carbonyl (C=O) groups excluding carboxylic acids is 1. The molecule has 1 amide bonds. The highest BCUT2D eigenvalue weighted by Gasteiger charge is 2.21. The van der Waals surface area contributed by atoms with Crippen LogP contribution in [-0.4, -0.2) is 25.0 Å². The zero-order valence-corrected chi connectivity index (χ0v) is 12.4. The molecule has 2 aliphatic rings. The predicted molar refractivity (Wildman–Crippen MR) is 79.0 cm³/mol. The smallest absolute Gasteiger partial charge is 0.220 e. The lowest BCUT2D eigenvalue weighted by Crippen LogP contribution is -2.47. The maximum atomic E-state index is 11.9. The third-order valence-corrected chi connectivity index (χ3v) is 4.95. The van der Waals surface area contributed by atoms with Gasteiger partial charge in [-0.05, 0) is 37.6 Å². The third kappa shape index (κ3) is 5.13. The summed E-state index contributed by atoms with van der Waals surface area (Å²) in [6.07, 6.45) is 11.2. The third-order valence-electron chi connectivity index (χ3n) is 4.95. The number of hydrogen-bond acceptors (Lipinski definition) is 2. The minimum Gasteiger partial charge on any atom is -0.355 e. The van der Waals surface area contributed by atoms with Gasteiger partial charge >= 0.3 is 0 Å². The zero-order chi connectivity index (χ0) is 13.5. The van der Waals surface area contributed by atoms with Crippen LogP contribution in [0.15, 0.2) is 0 Å². The van der Waals surface area contributed by atoms with Crippen molar-refractivity contribution in [3.05, 3.63) is 0 Å². The van der Waals surface area contributed by atoms with E-state index < -0.39 is 0 Å². The highest BCUT2D eigenvalue weighted by molar-refractivity contribution is 5.75. The summed E-state index contributed by atoms with van der Waals surface area (Å²) in [4.78, 5) is 11.9. The van der Waals surface area contributed by atoms with Gasteiger partial charge in [-0.15, -0.1) is 0 Å². The summed E-state index contributed by atoms with van der Waals surface area (Å²) in [5.41, 5.74) is 0. The van der Waals surface area contributed by atoms with Crippen molar-refractivity contribution in [2.45, 2.75) is 70.8 Å². The largest absolute Gasteiger partial charge is 0.355 e. The van der Waals surface area contributed by atoms with Crippen LogP contribution in [-0.2, 0) is 4.79 Å². The number of carbonyl (C=O) groups is 1. The molecular formula is C16H30N2O. The van der Waals surface area contributed by atoms with Gasteiger partial charge < -0.3 is 10.6 Å². The van der Waals surface area contributed by atoms with Crippen molar-refractivity contribution in [3.8, 4) is 0 Å². The van der Waals surface area contributed by atoms with Crippen LogP contribution in [0.5, 0.6) is 0 Å². The van der Waals surface area contributed by atoms with E-state index in [1.165, 1.54) is 44.9 Å². The van der Waals surface area contributed by atoms with E-state index in [4.69, 9.17) is 0 Å². The van der Waals surface area contributed by atoms with Gasteiger partial charge in [0.2, 0.25) is 5.91 Å². The van der Waals surface area contributed by atoms with Gasteiger partial charge in [-0.3, -0.25) is 4.79 Å². The molecule has 0 bridgehead atoms. The summed E-state index contributed by atoms with van der Waals surface area (Å²) in [5, 5.41) is 6.64. The zero-order valence-electron chi connectivity index (χ0n) is 12.4. The molecule has 0 radical (unpaired) electrons. The Morgan fingerprint density at radius 3 is 2.68 bits per heavy atom. The first-order valence-corrected chi connectivity index (χ1v) is 8.26. The number of amides is 1. The molecular weight excluding hydrogens is 236 g/mol. The van der Waals surface area contributed by atoms with Gasteiger partial charge in [-0.2, -0.15) is 0 Å². The fourth-order valence-corrected chi connectivity index (χ4v) is 3.51. The first-order chi connectivity index (χ1) is 9.25. The van der Waals surface area contributed by atoms with Crippen LogP contribution in [0, 0.1) is 11.8 Å². The van der Waals surface area contributed by atoms with E-state index in [9.17, 15) is 4.79 Å². The minimum atomic E-state index is 0.255. The summed E-state index contributed by atoms with van der Waals surface area (Å²) < 4.78 is 0. The Balaban J connectivity index is 1.58. The number of nitrogens with one attached hydrogen (secondary N) is 2. The average Bonchev–Trinajstić information content (AvgIpc) is 2.45. The summed E-state index contributed by atoms with van der Waals surface area (Å²) in [6, 6.07) is 0.479. The fraction of sp³-hybridized carbons (Fsp3) is 0.938. The van der Waals surface area contributed by atoms with Crippen LogP contribution in [0.4, 0.5) is 0 Å². The van der Waals surface area contributed by atoms with Crippen molar-refractivity contribution in [3.63, 3.8) is 0 Å². The maximum absolute atomic E-state index is 11.9. The van der Waals surface area contributed by atoms with Gasteiger partial charge in [0.25, 0.3) is 0 Å². The minimum absolute atomic E-state index is 0.255. The van der Waals surface area contributed by atoms with E-state index in [2.05, 4.69) is 17.6 Å². The lowest BCUT2D eigenvalue weighted by Gasteiger charge is -2.30. The lowest BCUT2D eigenvalue weighted by molar-refractivity contribution is -0.121. The molecule has 0 aromatic heterocycles. The molecule has 1 saturated carbocycles. The van der Waals surface area contributed by atoms with Crippen molar-refractivity contribution in [1.82, 2.24) is 10.6 Å². The van der Waals surface area contributed by atoms with E-state index in [-0.39, 0.29) is 5.91 Å². The highest BCUT2D eigenvalue weighted by atomic mass is 16.1. The summed E-state index contributed by atoms with van der Waals surface area (Å²) >= 11 is 0. The Hall–Kier alpha value is -0.570. The van der Waals surface area contributed by atoms with E-state index in [0.29, 0.717) is 12.0 Å². The second-order valence-corrected chi connectivity index (χ2v) is 6.53. The Kier molecular flexibility index (Phi) is 6.15.